The van der Waals surface area contributed by atoms with Crippen LogP contribution in [0.15, 0.2) is 54.2 Å². The van der Waals surface area contributed by atoms with Crippen LogP contribution in [-0.4, -0.2) is 43.8 Å². The minimum Gasteiger partial charge on any atom is -0.356 e. The highest BCUT2D eigenvalue weighted by atomic mass is 32.2. The molecule has 1 aliphatic heterocycles. The average molecular weight is 366 g/mol. The van der Waals surface area contributed by atoms with Crippen LogP contribution in [0.5, 0.6) is 0 Å². The molecule has 1 saturated heterocycles. The summed E-state index contributed by atoms with van der Waals surface area (Å²) >= 11 is 1.58. The van der Waals surface area contributed by atoms with Crippen molar-refractivity contribution in [3.63, 3.8) is 0 Å². The van der Waals surface area contributed by atoms with E-state index in [1.807, 2.05) is 43.0 Å². The average Bonchev–Trinajstić information content (AvgIpc) is 3.17. The molecule has 1 aliphatic rings. The summed E-state index contributed by atoms with van der Waals surface area (Å²) < 4.78 is 2.23. The smallest absolute Gasteiger partial charge is 0.189 e. The number of nitrogens with zero attached hydrogens (tertiary/aromatic N) is 6. The van der Waals surface area contributed by atoms with Gasteiger partial charge in [-0.2, -0.15) is 0 Å². The molecule has 0 amide bonds. The molecular weight excluding hydrogens is 344 g/mol. The molecular formula is C19H22N6S. The summed E-state index contributed by atoms with van der Waals surface area (Å²) in [6.45, 7) is 2.73. The van der Waals surface area contributed by atoms with Gasteiger partial charge in [0.25, 0.3) is 0 Å². The first-order chi connectivity index (χ1) is 12.8. The van der Waals surface area contributed by atoms with Gasteiger partial charge in [-0.1, -0.05) is 17.8 Å². The molecule has 0 aromatic carbocycles. The summed E-state index contributed by atoms with van der Waals surface area (Å²) in [6, 6.07) is 8.03. The van der Waals surface area contributed by atoms with Gasteiger partial charge in [0.05, 0.1) is 12.2 Å². The number of hydrogen-bond acceptors (Lipinski definition) is 6. The van der Waals surface area contributed by atoms with E-state index >= 15 is 0 Å². The Morgan fingerprint density at radius 2 is 2.08 bits per heavy atom. The first-order valence-electron chi connectivity index (χ1n) is 8.86. The third-order valence-corrected chi connectivity index (χ3v) is 5.28. The number of anilines is 1. The molecule has 3 aromatic heterocycles. The van der Waals surface area contributed by atoms with Crippen LogP contribution < -0.4 is 4.90 Å². The molecule has 0 spiro atoms. The van der Waals surface area contributed by atoms with Crippen LogP contribution in [0.4, 0.5) is 5.82 Å². The Labute approximate surface area is 157 Å². The highest BCUT2D eigenvalue weighted by Gasteiger charge is 2.25. The van der Waals surface area contributed by atoms with Crippen LogP contribution in [0.1, 0.15) is 30.3 Å². The van der Waals surface area contributed by atoms with Crippen LogP contribution in [0, 0.1) is 0 Å². The zero-order valence-corrected chi connectivity index (χ0v) is 15.6. The maximum Gasteiger partial charge on any atom is 0.189 e. The molecule has 1 fully saturated rings. The van der Waals surface area contributed by atoms with E-state index in [0.29, 0.717) is 5.92 Å². The van der Waals surface area contributed by atoms with Gasteiger partial charge >= 0.3 is 0 Å². The zero-order valence-electron chi connectivity index (χ0n) is 14.8. The van der Waals surface area contributed by atoms with Gasteiger partial charge in [0.15, 0.2) is 5.16 Å². The largest absolute Gasteiger partial charge is 0.356 e. The van der Waals surface area contributed by atoms with Gasteiger partial charge in [-0.05, 0) is 37.3 Å². The minimum atomic E-state index is 0.398. The number of pyridine rings is 1. The molecule has 4 heterocycles. The molecule has 0 saturated carbocycles. The highest BCUT2D eigenvalue weighted by molar-refractivity contribution is 7.98. The van der Waals surface area contributed by atoms with Crippen molar-refractivity contribution in [2.75, 3.05) is 24.2 Å². The Morgan fingerprint density at radius 3 is 2.92 bits per heavy atom. The van der Waals surface area contributed by atoms with Crippen LogP contribution in [0.2, 0.25) is 0 Å². The maximum atomic E-state index is 4.67. The number of imidazole rings is 1. The number of thioether (sulfide) groups is 1. The molecule has 0 aliphatic carbocycles. The van der Waals surface area contributed by atoms with E-state index in [0.717, 1.165) is 55.0 Å². The third kappa shape index (κ3) is 3.72. The lowest BCUT2D eigenvalue weighted by atomic mass is 9.97. The number of hydrogen-bond donors (Lipinski definition) is 0. The van der Waals surface area contributed by atoms with Crippen molar-refractivity contribution in [2.24, 2.45) is 0 Å². The van der Waals surface area contributed by atoms with Gasteiger partial charge in [0.2, 0.25) is 0 Å². The molecule has 0 bridgehead atoms. The van der Waals surface area contributed by atoms with Crippen molar-refractivity contribution in [3.8, 4) is 0 Å². The van der Waals surface area contributed by atoms with E-state index in [2.05, 4.69) is 41.7 Å². The Kier molecular flexibility index (Phi) is 5.15. The molecule has 4 rings (SSSR count). The number of piperidine rings is 1. The Balaban J connectivity index is 1.52. The second kappa shape index (κ2) is 7.86. The van der Waals surface area contributed by atoms with Gasteiger partial charge in [0.1, 0.15) is 11.6 Å². The lowest BCUT2D eigenvalue weighted by molar-refractivity contribution is 0.472. The normalized spacial score (nSPS) is 17.4. The molecule has 134 valence electrons. The van der Waals surface area contributed by atoms with Gasteiger partial charge in [0, 0.05) is 43.8 Å². The molecule has 0 unspecified atom stereocenters. The number of aromatic nitrogens is 5. The van der Waals surface area contributed by atoms with Crippen LogP contribution in [0.25, 0.3) is 0 Å². The summed E-state index contributed by atoms with van der Waals surface area (Å²) in [5, 5.41) is 0.821. The lowest BCUT2D eigenvalue weighted by Crippen LogP contribution is -2.36. The van der Waals surface area contributed by atoms with Crippen LogP contribution in [-0.2, 0) is 6.54 Å². The monoisotopic (exact) mass is 366 g/mol. The first kappa shape index (κ1) is 17.0. The van der Waals surface area contributed by atoms with E-state index in [4.69, 9.17) is 0 Å². The fourth-order valence-electron chi connectivity index (χ4n) is 3.48. The van der Waals surface area contributed by atoms with E-state index in [-0.39, 0.29) is 0 Å². The zero-order chi connectivity index (χ0) is 17.8. The molecule has 0 radical (unpaired) electrons. The van der Waals surface area contributed by atoms with E-state index in [1.54, 1.807) is 11.8 Å². The molecule has 0 N–H and O–H groups in total. The van der Waals surface area contributed by atoms with E-state index in [1.165, 1.54) is 0 Å². The fraction of sp³-hybridized carbons (Fsp3) is 0.368. The summed E-state index contributed by atoms with van der Waals surface area (Å²) in [5.74, 6) is 2.55. The summed E-state index contributed by atoms with van der Waals surface area (Å²) in [4.78, 5) is 20.4. The molecule has 6 nitrogen and oxygen atoms in total. The summed E-state index contributed by atoms with van der Waals surface area (Å²) in [6.07, 6.45) is 11.9. The SMILES string of the molecule is CSc1nccc(N2CCC[C@H](c3nccn3Cc3ccccn3)C2)n1. The second-order valence-corrected chi connectivity index (χ2v) is 7.19. The minimum absolute atomic E-state index is 0.398. The Morgan fingerprint density at radius 1 is 1.12 bits per heavy atom. The lowest BCUT2D eigenvalue weighted by Gasteiger charge is -2.33. The van der Waals surface area contributed by atoms with E-state index in [9.17, 15) is 0 Å². The van der Waals surface area contributed by atoms with Gasteiger partial charge in [-0.15, -0.1) is 0 Å². The number of rotatable bonds is 5. The first-order valence-corrected chi connectivity index (χ1v) is 10.1. The quantitative estimate of drug-likeness (QED) is 0.510. The topological polar surface area (TPSA) is 59.7 Å². The van der Waals surface area contributed by atoms with E-state index < -0.39 is 0 Å². The highest BCUT2D eigenvalue weighted by Crippen LogP contribution is 2.29. The molecule has 1 atom stereocenters. The van der Waals surface area contributed by atoms with Gasteiger partial charge in [-0.3, -0.25) is 4.98 Å². The molecule has 7 heteroatoms. The molecule has 3 aromatic rings. The Hall–Kier alpha value is -2.41. The van der Waals surface area contributed by atoms with Crippen molar-refractivity contribution in [1.29, 1.82) is 0 Å². The summed E-state index contributed by atoms with van der Waals surface area (Å²) in [5.41, 5.74) is 1.06. The predicted molar refractivity (Wildman–Crippen MR) is 104 cm³/mol. The van der Waals surface area contributed by atoms with Crippen molar-refractivity contribution in [3.05, 3.63) is 60.6 Å². The van der Waals surface area contributed by atoms with Gasteiger partial charge in [-0.25, -0.2) is 15.0 Å². The third-order valence-electron chi connectivity index (χ3n) is 4.72. The standard InChI is InChI=1S/C19H22N6S/c1-26-19-22-9-7-17(23-19)24-11-4-5-15(13-24)18-21-10-12-25(18)14-16-6-2-3-8-20-16/h2-3,6-10,12,15H,4-5,11,13-14H2,1H3/t15-/m0/s1. The maximum absolute atomic E-state index is 4.67. The van der Waals surface area contributed by atoms with Crippen molar-refractivity contribution in [2.45, 2.75) is 30.5 Å². The second-order valence-electron chi connectivity index (χ2n) is 6.42. The van der Waals surface area contributed by atoms with Crippen LogP contribution in [0.3, 0.4) is 0 Å². The molecule has 26 heavy (non-hydrogen) atoms. The van der Waals surface area contributed by atoms with Crippen molar-refractivity contribution in [1.82, 2.24) is 24.5 Å². The van der Waals surface area contributed by atoms with Crippen molar-refractivity contribution < 1.29 is 0 Å². The summed E-state index contributed by atoms with van der Waals surface area (Å²) in [7, 11) is 0. The van der Waals surface area contributed by atoms with Crippen LogP contribution >= 0.6 is 11.8 Å². The van der Waals surface area contributed by atoms with Gasteiger partial charge < -0.3 is 9.47 Å². The van der Waals surface area contributed by atoms with Crippen molar-refractivity contribution >= 4 is 17.6 Å². The fourth-order valence-corrected chi connectivity index (χ4v) is 3.83. The predicted octanol–water partition coefficient (Wildman–Crippen LogP) is 3.22. The Bertz CT molecular complexity index is 850.